The standard InChI is InChI=1S/C28H33F2N3O2/c1-21-20-32(15-16-33(21)28(35)8-7-22-17-25(29)19-26(30)18-22)27(34)11-14-31-12-9-24(10-13-31)23-5-3-2-4-6-23/h2-8,17-19,21,24H,9-16,20H2,1H3/b8-7+/t21-/m0/s1. The average Bonchev–Trinajstić information content (AvgIpc) is 2.86. The second-order valence-corrected chi connectivity index (χ2v) is 9.53. The van der Waals surface area contributed by atoms with E-state index in [0.717, 1.165) is 38.5 Å². The molecule has 186 valence electrons. The summed E-state index contributed by atoms with van der Waals surface area (Å²) in [5.74, 6) is -0.865. The van der Waals surface area contributed by atoms with Crippen LogP contribution in [0.4, 0.5) is 8.78 Å². The highest BCUT2D eigenvalue weighted by atomic mass is 19.1. The number of halogens is 2. The fraction of sp³-hybridized carbons (Fsp3) is 0.429. The summed E-state index contributed by atoms with van der Waals surface area (Å²) in [5, 5.41) is 0. The summed E-state index contributed by atoms with van der Waals surface area (Å²) in [4.78, 5) is 31.4. The predicted octanol–water partition coefficient (Wildman–Crippen LogP) is 4.31. The molecule has 7 heteroatoms. The van der Waals surface area contributed by atoms with Crippen molar-refractivity contribution in [3.8, 4) is 0 Å². The number of likely N-dealkylation sites (tertiary alicyclic amines) is 1. The molecule has 35 heavy (non-hydrogen) atoms. The van der Waals surface area contributed by atoms with Crippen LogP contribution in [-0.2, 0) is 9.59 Å². The van der Waals surface area contributed by atoms with Gasteiger partial charge in [0, 0.05) is 50.8 Å². The summed E-state index contributed by atoms with van der Waals surface area (Å²) < 4.78 is 26.7. The molecule has 2 aromatic carbocycles. The number of hydrogen-bond donors (Lipinski definition) is 0. The first-order valence-corrected chi connectivity index (χ1v) is 12.4. The number of rotatable bonds is 6. The molecule has 0 spiro atoms. The minimum atomic E-state index is -0.682. The number of amides is 2. The Morgan fingerprint density at radius 2 is 1.66 bits per heavy atom. The SMILES string of the molecule is C[C@H]1CN(C(=O)CCN2CCC(c3ccccc3)CC2)CCN1C(=O)/C=C/c1cc(F)cc(F)c1. The third-order valence-electron chi connectivity index (χ3n) is 7.07. The van der Waals surface area contributed by atoms with E-state index in [9.17, 15) is 18.4 Å². The van der Waals surface area contributed by atoms with E-state index in [1.165, 1.54) is 29.8 Å². The van der Waals surface area contributed by atoms with Crippen molar-refractivity contribution in [2.75, 3.05) is 39.3 Å². The Morgan fingerprint density at radius 3 is 2.31 bits per heavy atom. The fourth-order valence-electron chi connectivity index (χ4n) is 5.07. The van der Waals surface area contributed by atoms with Crippen LogP contribution in [0, 0.1) is 11.6 Å². The molecular weight excluding hydrogens is 448 g/mol. The molecule has 1 atom stereocenters. The molecule has 2 aliphatic rings. The molecule has 2 aromatic rings. The van der Waals surface area contributed by atoms with Crippen molar-refractivity contribution in [3.05, 3.63) is 77.4 Å². The van der Waals surface area contributed by atoms with Gasteiger partial charge in [0.05, 0.1) is 0 Å². The lowest BCUT2D eigenvalue weighted by molar-refractivity contribution is -0.140. The second kappa shape index (κ2) is 11.6. The minimum absolute atomic E-state index is 0.125. The van der Waals surface area contributed by atoms with E-state index in [0.29, 0.717) is 37.5 Å². The maximum absolute atomic E-state index is 13.3. The van der Waals surface area contributed by atoms with Crippen LogP contribution in [0.2, 0.25) is 0 Å². The normalized spacial score (nSPS) is 19.9. The van der Waals surface area contributed by atoms with E-state index >= 15 is 0 Å². The molecule has 0 aliphatic carbocycles. The summed E-state index contributed by atoms with van der Waals surface area (Å²) in [6.45, 7) is 6.12. The number of carbonyl (C=O) groups is 2. The molecule has 0 saturated carbocycles. The van der Waals surface area contributed by atoms with E-state index in [4.69, 9.17) is 0 Å². The molecule has 0 unspecified atom stereocenters. The zero-order chi connectivity index (χ0) is 24.8. The largest absolute Gasteiger partial charge is 0.339 e. The Labute approximate surface area is 206 Å². The van der Waals surface area contributed by atoms with E-state index in [1.807, 2.05) is 17.9 Å². The van der Waals surface area contributed by atoms with E-state index in [1.54, 1.807) is 4.90 Å². The number of nitrogens with zero attached hydrogens (tertiary/aromatic N) is 3. The molecular formula is C28H33F2N3O2. The number of hydrogen-bond acceptors (Lipinski definition) is 3. The monoisotopic (exact) mass is 481 g/mol. The highest BCUT2D eigenvalue weighted by Gasteiger charge is 2.29. The van der Waals surface area contributed by atoms with Gasteiger partial charge in [0.1, 0.15) is 11.6 Å². The number of carbonyl (C=O) groups excluding carboxylic acids is 2. The van der Waals surface area contributed by atoms with Crippen LogP contribution in [0.5, 0.6) is 0 Å². The Morgan fingerprint density at radius 1 is 0.971 bits per heavy atom. The smallest absolute Gasteiger partial charge is 0.246 e. The van der Waals surface area contributed by atoms with Gasteiger partial charge in [-0.05, 0) is 68.1 Å². The molecule has 0 N–H and O–H groups in total. The third-order valence-corrected chi connectivity index (χ3v) is 7.07. The summed E-state index contributed by atoms with van der Waals surface area (Å²) >= 11 is 0. The summed E-state index contributed by atoms with van der Waals surface area (Å²) in [7, 11) is 0. The molecule has 2 aliphatic heterocycles. The Hall–Kier alpha value is -3.06. The average molecular weight is 482 g/mol. The highest BCUT2D eigenvalue weighted by Crippen LogP contribution is 2.27. The van der Waals surface area contributed by atoms with Crippen LogP contribution >= 0.6 is 0 Å². The van der Waals surface area contributed by atoms with E-state index in [-0.39, 0.29) is 17.9 Å². The molecule has 4 rings (SSSR count). The Bertz CT molecular complexity index is 1030. The Balaban J connectivity index is 1.20. The van der Waals surface area contributed by atoms with Crippen molar-refractivity contribution >= 4 is 17.9 Å². The van der Waals surface area contributed by atoms with Gasteiger partial charge in [-0.2, -0.15) is 0 Å². The van der Waals surface area contributed by atoms with Gasteiger partial charge in [0.25, 0.3) is 0 Å². The summed E-state index contributed by atoms with van der Waals surface area (Å²) in [6, 6.07) is 13.7. The lowest BCUT2D eigenvalue weighted by Gasteiger charge is -2.40. The van der Waals surface area contributed by atoms with Crippen molar-refractivity contribution in [1.29, 1.82) is 0 Å². The van der Waals surface area contributed by atoms with Gasteiger partial charge in [-0.1, -0.05) is 30.3 Å². The third kappa shape index (κ3) is 6.75. The lowest BCUT2D eigenvalue weighted by atomic mass is 9.89. The topological polar surface area (TPSA) is 43.9 Å². The van der Waals surface area contributed by atoms with Crippen molar-refractivity contribution in [3.63, 3.8) is 0 Å². The number of benzene rings is 2. The molecule has 2 fully saturated rings. The van der Waals surface area contributed by atoms with Crippen LogP contribution in [0.3, 0.4) is 0 Å². The molecule has 0 aromatic heterocycles. The van der Waals surface area contributed by atoms with Gasteiger partial charge >= 0.3 is 0 Å². The molecule has 2 amide bonds. The summed E-state index contributed by atoms with van der Waals surface area (Å²) in [5.41, 5.74) is 1.70. The highest BCUT2D eigenvalue weighted by molar-refractivity contribution is 5.92. The maximum Gasteiger partial charge on any atom is 0.246 e. The first kappa shape index (κ1) is 25.0. The van der Waals surface area contributed by atoms with Gasteiger partial charge < -0.3 is 14.7 Å². The van der Waals surface area contributed by atoms with Crippen LogP contribution in [0.15, 0.2) is 54.6 Å². The van der Waals surface area contributed by atoms with Crippen molar-refractivity contribution < 1.29 is 18.4 Å². The predicted molar refractivity (Wildman–Crippen MR) is 133 cm³/mol. The zero-order valence-corrected chi connectivity index (χ0v) is 20.2. The van der Waals surface area contributed by atoms with E-state index < -0.39 is 11.6 Å². The Kier molecular flexibility index (Phi) is 8.29. The number of piperidine rings is 1. The molecule has 2 saturated heterocycles. The van der Waals surface area contributed by atoms with Crippen molar-refractivity contribution in [2.24, 2.45) is 0 Å². The lowest BCUT2D eigenvalue weighted by Crippen LogP contribution is -2.55. The van der Waals surface area contributed by atoms with E-state index in [2.05, 4.69) is 29.2 Å². The first-order chi connectivity index (χ1) is 16.9. The molecule has 5 nitrogen and oxygen atoms in total. The fourth-order valence-corrected chi connectivity index (χ4v) is 5.07. The van der Waals surface area contributed by atoms with Gasteiger partial charge in [0.15, 0.2) is 0 Å². The van der Waals surface area contributed by atoms with Crippen LogP contribution in [0.1, 0.15) is 43.2 Å². The van der Waals surface area contributed by atoms with Crippen molar-refractivity contribution in [2.45, 2.75) is 38.1 Å². The van der Waals surface area contributed by atoms with Crippen LogP contribution in [-0.4, -0.2) is 71.8 Å². The molecule has 0 bridgehead atoms. The quantitative estimate of drug-likeness (QED) is 0.578. The summed E-state index contributed by atoms with van der Waals surface area (Å²) in [6.07, 6.45) is 5.47. The van der Waals surface area contributed by atoms with Gasteiger partial charge in [-0.15, -0.1) is 0 Å². The minimum Gasteiger partial charge on any atom is -0.339 e. The van der Waals surface area contributed by atoms with Gasteiger partial charge in [-0.3, -0.25) is 9.59 Å². The molecule has 2 heterocycles. The number of piperazine rings is 1. The zero-order valence-electron chi connectivity index (χ0n) is 20.2. The molecule has 0 radical (unpaired) electrons. The van der Waals surface area contributed by atoms with Gasteiger partial charge in [0.2, 0.25) is 11.8 Å². The van der Waals surface area contributed by atoms with Crippen molar-refractivity contribution in [1.82, 2.24) is 14.7 Å². The van der Waals surface area contributed by atoms with Gasteiger partial charge in [-0.25, -0.2) is 8.78 Å². The van der Waals surface area contributed by atoms with Crippen LogP contribution in [0.25, 0.3) is 6.08 Å². The maximum atomic E-state index is 13.3. The van der Waals surface area contributed by atoms with Crippen LogP contribution < -0.4 is 0 Å². The first-order valence-electron chi connectivity index (χ1n) is 12.4. The second-order valence-electron chi connectivity index (χ2n) is 9.53.